The van der Waals surface area contributed by atoms with E-state index in [0.717, 1.165) is 0 Å². The predicted molar refractivity (Wildman–Crippen MR) is 68.4 cm³/mol. The first-order chi connectivity index (χ1) is 8.83. The Hall–Kier alpha value is -1.89. The van der Waals surface area contributed by atoms with E-state index in [2.05, 4.69) is 5.32 Å². The van der Waals surface area contributed by atoms with Crippen LogP contribution in [0.25, 0.3) is 0 Å². The minimum atomic E-state index is -3.54. The van der Waals surface area contributed by atoms with E-state index in [1.165, 1.54) is 19.1 Å². The zero-order chi connectivity index (χ0) is 14.5. The molecule has 1 aromatic rings. The van der Waals surface area contributed by atoms with E-state index in [1.54, 1.807) is 18.2 Å². The molecule has 0 bridgehead atoms. The Morgan fingerprint density at radius 3 is 2.32 bits per heavy atom. The highest BCUT2D eigenvalue weighted by Crippen LogP contribution is 2.12. The van der Waals surface area contributed by atoms with Crippen LogP contribution in [0.2, 0.25) is 0 Å². The van der Waals surface area contributed by atoms with E-state index in [9.17, 15) is 18.0 Å². The molecule has 1 amide bonds. The number of carbonyl (C=O) groups excluding carboxylic acids is 1. The topological polar surface area (TPSA) is 101 Å². The molecule has 104 valence electrons. The van der Waals surface area contributed by atoms with Gasteiger partial charge in [-0.05, 0) is 18.6 Å². The maximum atomic E-state index is 11.9. The third kappa shape index (κ3) is 4.70. The van der Waals surface area contributed by atoms with Gasteiger partial charge in [-0.2, -0.15) is 0 Å². The lowest BCUT2D eigenvalue weighted by Crippen LogP contribution is -2.40. The average Bonchev–Trinajstić information content (AvgIpc) is 2.35. The number of nitrogens with one attached hydrogen (secondary N) is 1. The summed E-state index contributed by atoms with van der Waals surface area (Å²) in [7, 11) is -3.54. The van der Waals surface area contributed by atoms with Crippen LogP contribution in [-0.4, -0.2) is 37.2 Å². The zero-order valence-corrected chi connectivity index (χ0v) is 11.2. The summed E-state index contributed by atoms with van der Waals surface area (Å²) in [5.41, 5.74) is 0. The number of carboxylic acid groups (broad SMARTS) is 1. The molecule has 0 unspecified atom stereocenters. The molecular formula is C12H15NO5S. The highest BCUT2D eigenvalue weighted by molar-refractivity contribution is 7.91. The molecule has 0 saturated heterocycles. The highest BCUT2D eigenvalue weighted by Gasteiger charge is 2.22. The minimum Gasteiger partial charge on any atom is -0.480 e. The molecule has 2 N–H and O–H groups in total. The quantitative estimate of drug-likeness (QED) is 0.790. The van der Waals surface area contributed by atoms with Crippen LogP contribution in [0.5, 0.6) is 0 Å². The Morgan fingerprint density at radius 2 is 1.84 bits per heavy atom. The normalized spacial score (nSPS) is 12.7. The second-order valence-electron chi connectivity index (χ2n) is 4.01. The van der Waals surface area contributed by atoms with Crippen LogP contribution in [0.4, 0.5) is 0 Å². The lowest BCUT2D eigenvalue weighted by Gasteiger charge is -2.13. The minimum absolute atomic E-state index is 0.141. The average molecular weight is 285 g/mol. The molecule has 0 heterocycles. The van der Waals surface area contributed by atoms with Gasteiger partial charge in [-0.3, -0.25) is 4.79 Å². The second-order valence-corrected chi connectivity index (χ2v) is 6.12. The summed E-state index contributed by atoms with van der Waals surface area (Å²) >= 11 is 0. The van der Waals surface area contributed by atoms with Gasteiger partial charge in [-0.15, -0.1) is 0 Å². The van der Waals surface area contributed by atoms with Crippen LogP contribution in [0.15, 0.2) is 35.2 Å². The molecule has 0 aliphatic carbocycles. The summed E-state index contributed by atoms with van der Waals surface area (Å²) in [6.07, 6.45) is -0.174. The zero-order valence-electron chi connectivity index (χ0n) is 10.4. The molecular weight excluding hydrogens is 270 g/mol. The van der Waals surface area contributed by atoms with Gasteiger partial charge in [0.25, 0.3) is 0 Å². The molecule has 0 saturated carbocycles. The van der Waals surface area contributed by atoms with Gasteiger partial charge in [0.15, 0.2) is 9.84 Å². The van der Waals surface area contributed by atoms with E-state index in [1.807, 2.05) is 0 Å². The molecule has 0 fully saturated rings. The summed E-state index contributed by atoms with van der Waals surface area (Å²) in [6, 6.07) is 6.57. The summed E-state index contributed by atoms with van der Waals surface area (Å²) < 4.78 is 23.9. The fraction of sp³-hybridized carbons (Fsp3) is 0.333. The molecule has 0 aliphatic rings. The first kappa shape index (κ1) is 15.2. The van der Waals surface area contributed by atoms with E-state index in [0.29, 0.717) is 0 Å². The van der Waals surface area contributed by atoms with Crippen LogP contribution < -0.4 is 5.32 Å². The van der Waals surface area contributed by atoms with E-state index >= 15 is 0 Å². The van der Waals surface area contributed by atoms with Crippen molar-refractivity contribution in [3.8, 4) is 0 Å². The highest BCUT2D eigenvalue weighted by atomic mass is 32.2. The maximum absolute atomic E-state index is 11.9. The number of sulfone groups is 1. The summed E-state index contributed by atoms with van der Waals surface area (Å²) in [6.45, 7) is 1.18. The summed E-state index contributed by atoms with van der Waals surface area (Å²) in [5, 5.41) is 11.1. The standard InChI is InChI=1S/C12H15NO5S/c1-9(14)13-11(12(15)16)7-8-19(17,18)10-5-3-2-4-6-10/h2-6,11H,7-8H2,1H3,(H,13,14)(H,15,16)/t11-/m0/s1. The van der Waals surface area contributed by atoms with Gasteiger partial charge in [-0.25, -0.2) is 13.2 Å². The first-order valence-electron chi connectivity index (χ1n) is 5.60. The molecule has 1 rings (SSSR count). The fourth-order valence-electron chi connectivity index (χ4n) is 1.52. The molecule has 19 heavy (non-hydrogen) atoms. The molecule has 1 atom stereocenters. The number of benzene rings is 1. The molecule has 1 aromatic carbocycles. The number of carboxylic acids is 1. The van der Waals surface area contributed by atoms with Crippen molar-refractivity contribution in [3.63, 3.8) is 0 Å². The fourth-order valence-corrected chi connectivity index (χ4v) is 2.87. The van der Waals surface area contributed by atoms with Crippen molar-refractivity contribution >= 4 is 21.7 Å². The third-order valence-corrected chi connectivity index (χ3v) is 4.22. The van der Waals surface area contributed by atoms with Gasteiger partial charge < -0.3 is 10.4 Å². The Kier molecular flexibility index (Phi) is 5.05. The monoisotopic (exact) mass is 285 g/mol. The van der Waals surface area contributed by atoms with Crippen molar-refractivity contribution in [2.75, 3.05) is 5.75 Å². The summed E-state index contributed by atoms with van der Waals surface area (Å²) in [5.74, 6) is -2.10. The van der Waals surface area contributed by atoms with Crippen LogP contribution in [0.3, 0.4) is 0 Å². The molecule has 0 spiro atoms. The van der Waals surface area contributed by atoms with E-state index in [-0.39, 0.29) is 17.1 Å². The van der Waals surface area contributed by atoms with Crippen LogP contribution in [0, 0.1) is 0 Å². The van der Waals surface area contributed by atoms with Crippen molar-refractivity contribution in [2.24, 2.45) is 0 Å². The lowest BCUT2D eigenvalue weighted by molar-refractivity contribution is -0.141. The van der Waals surface area contributed by atoms with Gasteiger partial charge in [0, 0.05) is 6.92 Å². The number of amides is 1. The third-order valence-electron chi connectivity index (χ3n) is 2.45. The number of aliphatic carboxylic acids is 1. The van der Waals surface area contributed by atoms with Gasteiger partial charge >= 0.3 is 5.97 Å². The van der Waals surface area contributed by atoms with E-state index in [4.69, 9.17) is 5.11 Å². The van der Waals surface area contributed by atoms with E-state index < -0.39 is 27.8 Å². The number of hydrogen-bond acceptors (Lipinski definition) is 4. The van der Waals surface area contributed by atoms with Crippen molar-refractivity contribution in [3.05, 3.63) is 30.3 Å². The lowest BCUT2D eigenvalue weighted by atomic mass is 10.2. The number of hydrogen-bond donors (Lipinski definition) is 2. The first-order valence-corrected chi connectivity index (χ1v) is 7.26. The maximum Gasteiger partial charge on any atom is 0.326 e. The Labute approximate surface area is 111 Å². The molecule has 6 nitrogen and oxygen atoms in total. The van der Waals surface area contributed by atoms with Crippen LogP contribution >= 0.6 is 0 Å². The summed E-state index contributed by atoms with van der Waals surface area (Å²) in [4.78, 5) is 21.8. The smallest absolute Gasteiger partial charge is 0.326 e. The van der Waals surface area contributed by atoms with Crippen LogP contribution in [0.1, 0.15) is 13.3 Å². The molecule has 0 aliphatic heterocycles. The van der Waals surface area contributed by atoms with Gasteiger partial charge in [0.1, 0.15) is 6.04 Å². The van der Waals surface area contributed by atoms with Gasteiger partial charge in [0.05, 0.1) is 10.6 Å². The van der Waals surface area contributed by atoms with Crippen molar-refractivity contribution in [2.45, 2.75) is 24.3 Å². The van der Waals surface area contributed by atoms with Gasteiger partial charge in [0.2, 0.25) is 5.91 Å². The van der Waals surface area contributed by atoms with Crippen LogP contribution in [-0.2, 0) is 19.4 Å². The Balaban J connectivity index is 2.74. The second kappa shape index (κ2) is 6.33. The van der Waals surface area contributed by atoms with Gasteiger partial charge in [-0.1, -0.05) is 18.2 Å². The number of rotatable bonds is 6. The Bertz CT molecular complexity index is 553. The molecule has 0 radical (unpaired) electrons. The molecule has 0 aromatic heterocycles. The van der Waals surface area contributed by atoms with Crippen molar-refractivity contribution in [1.29, 1.82) is 0 Å². The van der Waals surface area contributed by atoms with Crippen molar-refractivity contribution in [1.82, 2.24) is 5.32 Å². The Morgan fingerprint density at radius 1 is 1.26 bits per heavy atom. The predicted octanol–water partition coefficient (Wildman–Crippen LogP) is 0.440. The SMILES string of the molecule is CC(=O)N[C@@H](CCS(=O)(=O)c1ccccc1)C(=O)O. The van der Waals surface area contributed by atoms with Crippen molar-refractivity contribution < 1.29 is 23.1 Å². The number of carbonyl (C=O) groups is 2. The largest absolute Gasteiger partial charge is 0.480 e. The molecule has 7 heteroatoms.